The molecule has 21 heteroatoms. The molecule has 0 aromatic rings. The van der Waals surface area contributed by atoms with E-state index in [1.165, 1.54) is 97.4 Å². The maximum Gasteiger partial charge on any atom is 0.245 e. The smallest absolute Gasteiger partial charge is 0.245 e. The minimum atomic E-state index is -1.20. The molecular weight excluding hydrogens is 1020 g/mol. The van der Waals surface area contributed by atoms with Crippen molar-refractivity contribution in [2.45, 2.75) is 210 Å². The van der Waals surface area contributed by atoms with Gasteiger partial charge in [0.25, 0.3) is 0 Å². The lowest BCUT2D eigenvalue weighted by Gasteiger charge is -2.40. The largest absolute Gasteiger partial charge is 0.343 e. The van der Waals surface area contributed by atoms with E-state index < -0.39 is 113 Å². The third-order valence-corrected chi connectivity index (χ3v) is 14.8. The van der Waals surface area contributed by atoms with E-state index in [0.717, 1.165) is 12.7 Å². The lowest BCUT2D eigenvalue weighted by molar-refractivity contribution is -0.155. The summed E-state index contributed by atoms with van der Waals surface area (Å²) in [7, 11) is 10.4. The van der Waals surface area contributed by atoms with Gasteiger partial charge in [0, 0.05) is 55.8 Å². The van der Waals surface area contributed by atoms with Crippen LogP contribution < -0.4 is 16.0 Å². The van der Waals surface area contributed by atoms with E-state index in [-0.39, 0.29) is 67.7 Å². The topological polar surface area (TPSA) is 247 Å². The Hall–Kier alpha value is -5.89. The quantitative estimate of drug-likeness (QED) is 0.0604. The number of nitrogens with one attached hydrogen (secondary N) is 3. The maximum absolute atomic E-state index is 14.5. The number of aldehydes is 1. The average Bonchev–Trinajstić information content (AvgIpc) is 3.38. The van der Waals surface area contributed by atoms with Crippen molar-refractivity contribution >= 4 is 65.4 Å². The van der Waals surface area contributed by atoms with Gasteiger partial charge in [0.05, 0.1) is 12.6 Å². The number of nitrogens with zero attached hydrogens (tertiary/aromatic N) is 7. The fourth-order valence-corrected chi connectivity index (χ4v) is 9.47. The van der Waals surface area contributed by atoms with Crippen LogP contribution in [-0.2, 0) is 52.7 Å². The van der Waals surface area contributed by atoms with Gasteiger partial charge in [-0.3, -0.25) is 47.9 Å². The van der Waals surface area contributed by atoms with E-state index in [1.807, 2.05) is 88.3 Å². The molecule has 10 atom stereocenters. The molecule has 0 heterocycles. The summed E-state index contributed by atoms with van der Waals surface area (Å²) in [5.41, 5.74) is 0. The SMILES string of the molecule is C/C=C/C[C@@H](C)C[C@@H](C=O)N(C)C(=O)[C@H](C(C)C)N(C)C(=O)[C@H](CC(C)C)N(C)C(=O)[C@H](C)N(C)C(=O)[C@@H](C)NC(=O)C(C)NC(=O)[C@H](CC(C)C)N(C)C(=O)[C@@H](NC(=O)[C@H](CC(C)C)N(C)C(=O)CN(C)C(=O)CCC)C(C)C. The Labute approximate surface area is 480 Å². The highest BCUT2D eigenvalue weighted by Gasteiger charge is 2.42. The van der Waals surface area contributed by atoms with Crippen molar-refractivity contribution in [3.05, 3.63) is 12.2 Å². The molecule has 0 radical (unpaired) electrons. The predicted octanol–water partition coefficient (Wildman–Crippen LogP) is 4.36. The molecular formula is C59H106N10O11. The summed E-state index contributed by atoms with van der Waals surface area (Å²) in [6.07, 6.45) is 7.46. The monoisotopic (exact) mass is 1130 g/mol. The zero-order valence-electron chi connectivity index (χ0n) is 53.2. The highest BCUT2D eigenvalue weighted by Crippen LogP contribution is 2.23. The van der Waals surface area contributed by atoms with Crippen LogP contribution in [0.1, 0.15) is 156 Å². The second-order valence-electron chi connectivity index (χ2n) is 24.1. The van der Waals surface area contributed by atoms with Gasteiger partial charge in [0.1, 0.15) is 54.6 Å². The van der Waals surface area contributed by atoms with Gasteiger partial charge < -0.3 is 55.0 Å². The van der Waals surface area contributed by atoms with Crippen molar-refractivity contribution in [3.63, 3.8) is 0 Å². The van der Waals surface area contributed by atoms with Gasteiger partial charge in [0.2, 0.25) is 59.1 Å². The lowest BCUT2D eigenvalue weighted by Crippen LogP contribution is -2.61. The van der Waals surface area contributed by atoms with Crippen molar-refractivity contribution < 1.29 is 52.7 Å². The van der Waals surface area contributed by atoms with Crippen LogP contribution in [0.2, 0.25) is 0 Å². The fraction of sp³-hybridized carbons (Fsp3) is 0.780. The summed E-state index contributed by atoms with van der Waals surface area (Å²) in [6.45, 7) is 28.4. The molecule has 0 aliphatic heterocycles. The van der Waals surface area contributed by atoms with Gasteiger partial charge in [-0.2, -0.15) is 0 Å². The Bertz CT molecular complexity index is 2110. The molecule has 3 N–H and O–H groups in total. The zero-order valence-corrected chi connectivity index (χ0v) is 53.2. The summed E-state index contributed by atoms with van der Waals surface area (Å²) in [5.74, 6) is -6.14. The Morgan fingerprint density at radius 2 is 0.938 bits per heavy atom. The Morgan fingerprint density at radius 3 is 1.40 bits per heavy atom. The van der Waals surface area contributed by atoms with Gasteiger partial charge in [-0.05, 0) is 102 Å². The molecule has 10 amide bonds. The Balaban J connectivity index is 6.35. The Kier molecular flexibility index (Phi) is 32.5. The summed E-state index contributed by atoms with van der Waals surface area (Å²) in [5, 5.41) is 8.17. The molecule has 0 bridgehead atoms. The number of rotatable bonds is 34. The standard InChI is InChI=1S/C59H106N10O11/c1-24-26-28-40(13)32-44(34-70)65(19)59(80)51(39(11)12)69(23)57(78)47(31-37(7)8)68(22)56(77)43(16)64(18)55(76)42(15)61-52(73)41(14)60-53(74)46(30-36(5)6)67(21)58(79)50(38(9)10)62-54(75)45(29-35(3)4)66(20)49(72)33-63(17)48(71)27-25-2/h24,26,34-47,50-51H,25,27-33H2,1-23H3,(H,60,74)(H,61,73)(H,62,75)/b26-24+/t40-,41?,42-,43+,44+,45+,46+,47+,50+,51+/m1/s1. The van der Waals surface area contributed by atoms with Crippen LogP contribution in [-0.4, -0.2) is 210 Å². The van der Waals surface area contributed by atoms with Gasteiger partial charge in [-0.15, -0.1) is 0 Å². The van der Waals surface area contributed by atoms with Crippen LogP contribution in [0.5, 0.6) is 0 Å². The minimum Gasteiger partial charge on any atom is -0.343 e. The predicted molar refractivity (Wildman–Crippen MR) is 312 cm³/mol. The molecule has 0 aliphatic rings. The van der Waals surface area contributed by atoms with E-state index in [1.54, 1.807) is 20.9 Å². The first-order valence-electron chi connectivity index (χ1n) is 28.8. The third-order valence-electron chi connectivity index (χ3n) is 14.8. The van der Waals surface area contributed by atoms with Gasteiger partial charge in [-0.25, -0.2) is 0 Å². The van der Waals surface area contributed by atoms with Crippen LogP contribution >= 0.6 is 0 Å². The second kappa shape index (κ2) is 35.1. The van der Waals surface area contributed by atoms with Gasteiger partial charge >= 0.3 is 0 Å². The van der Waals surface area contributed by atoms with E-state index in [9.17, 15) is 52.7 Å². The molecule has 0 aromatic carbocycles. The normalized spacial score (nSPS) is 15.4. The van der Waals surface area contributed by atoms with Crippen LogP contribution in [0, 0.1) is 35.5 Å². The first-order chi connectivity index (χ1) is 36.9. The van der Waals surface area contributed by atoms with Gasteiger partial charge in [0.15, 0.2) is 0 Å². The summed E-state index contributed by atoms with van der Waals surface area (Å²) in [4.78, 5) is 160. The molecule has 0 spiro atoms. The molecule has 0 fully saturated rings. The minimum absolute atomic E-state index is 0.0222. The highest BCUT2D eigenvalue weighted by molar-refractivity contribution is 5.98. The molecule has 1 unspecified atom stereocenters. The molecule has 458 valence electrons. The van der Waals surface area contributed by atoms with Crippen molar-refractivity contribution in [2.75, 3.05) is 55.9 Å². The zero-order chi connectivity index (χ0) is 62.4. The number of carbonyl (C=O) groups is 11. The van der Waals surface area contributed by atoms with Gasteiger partial charge in [-0.1, -0.05) is 95.2 Å². The highest BCUT2D eigenvalue weighted by atomic mass is 16.2. The van der Waals surface area contributed by atoms with Crippen molar-refractivity contribution in [3.8, 4) is 0 Å². The van der Waals surface area contributed by atoms with Crippen molar-refractivity contribution in [2.24, 2.45) is 35.5 Å². The van der Waals surface area contributed by atoms with Crippen molar-refractivity contribution in [1.82, 2.24) is 50.2 Å². The van der Waals surface area contributed by atoms with E-state index >= 15 is 0 Å². The molecule has 80 heavy (non-hydrogen) atoms. The number of likely N-dealkylation sites (N-methyl/N-ethyl adjacent to an activating group) is 7. The lowest BCUT2D eigenvalue weighted by atomic mass is 9.95. The van der Waals surface area contributed by atoms with Crippen LogP contribution in [0.15, 0.2) is 12.2 Å². The maximum atomic E-state index is 14.5. The Morgan fingerprint density at radius 1 is 0.463 bits per heavy atom. The second-order valence-corrected chi connectivity index (χ2v) is 24.1. The number of hydrogen-bond donors (Lipinski definition) is 3. The van der Waals surface area contributed by atoms with Crippen LogP contribution in [0.25, 0.3) is 0 Å². The molecule has 0 saturated carbocycles. The fourth-order valence-electron chi connectivity index (χ4n) is 9.47. The molecule has 0 rings (SSSR count). The average molecular weight is 1130 g/mol. The molecule has 0 aromatic heterocycles. The number of allylic oxidation sites excluding steroid dienone is 2. The summed E-state index contributed by atoms with van der Waals surface area (Å²) in [6, 6.07) is -9.38. The van der Waals surface area contributed by atoms with E-state index in [0.29, 0.717) is 12.8 Å². The first kappa shape index (κ1) is 74.1. The van der Waals surface area contributed by atoms with Crippen molar-refractivity contribution in [1.29, 1.82) is 0 Å². The molecule has 21 nitrogen and oxygen atoms in total. The van der Waals surface area contributed by atoms with E-state index in [4.69, 9.17) is 0 Å². The summed E-state index contributed by atoms with van der Waals surface area (Å²) >= 11 is 0. The van der Waals surface area contributed by atoms with Crippen LogP contribution in [0.3, 0.4) is 0 Å². The first-order valence-corrected chi connectivity index (χ1v) is 28.8. The number of carbonyl (C=O) groups excluding carboxylic acids is 11. The number of amides is 10. The van der Waals surface area contributed by atoms with E-state index in [2.05, 4.69) is 16.0 Å². The molecule has 0 aliphatic carbocycles. The summed E-state index contributed by atoms with van der Waals surface area (Å²) < 4.78 is 0. The third kappa shape index (κ3) is 22.6. The molecule has 0 saturated heterocycles. The number of hydrogen-bond acceptors (Lipinski definition) is 11. The van der Waals surface area contributed by atoms with Crippen LogP contribution in [0.4, 0.5) is 0 Å².